The summed E-state index contributed by atoms with van der Waals surface area (Å²) < 4.78 is 0. The second-order valence-electron chi connectivity index (χ2n) is 14.2. The third kappa shape index (κ3) is 6.65. The number of aliphatic hydroxyl groups is 2. The first kappa shape index (κ1) is 30.6. The smallest absolute Gasteiger partial charge is 0.247 e. The second kappa shape index (κ2) is 12.5. The van der Waals surface area contributed by atoms with E-state index in [2.05, 4.69) is 54.9 Å². The molecule has 3 heterocycles. The number of hydrogen-bond acceptors (Lipinski definition) is 6. The van der Waals surface area contributed by atoms with Crippen LogP contribution in [0.2, 0.25) is 0 Å². The number of pyridine rings is 2. The zero-order chi connectivity index (χ0) is 31.0. The molecule has 1 unspecified atom stereocenters. The second-order valence-corrected chi connectivity index (χ2v) is 14.2. The normalized spacial score (nSPS) is 22.4. The van der Waals surface area contributed by atoms with Crippen molar-refractivity contribution in [2.75, 3.05) is 19.7 Å². The number of H-pyrrole nitrogens is 1. The Kier molecular flexibility index (Phi) is 8.73. The highest BCUT2D eigenvalue weighted by molar-refractivity contribution is 6.02. The molecule has 1 fully saturated rings. The lowest BCUT2D eigenvalue weighted by atomic mass is 9.71. The molecule has 6 rings (SSSR count). The highest BCUT2D eigenvalue weighted by Crippen LogP contribution is 2.39. The van der Waals surface area contributed by atoms with Gasteiger partial charge in [-0.3, -0.25) is 19.5 Å². The van der Waals surface area contributed by atoms with Gasteiger partial charge in [0.15, 0.2) is 5.78 Å². The van der Waals surface area contributed by atoms with E-state index in [1.165, 1.54) is 17.3 Å². The minimum absolute atomic E-state index is 0.0115. The van der Waals surface area contributed by atoms with Crippen LogP contribution >= 0.6 is 0 Å². The molecule has 1 aliphatic heterocycles. The van der Waals surface area contributed by atoms with E-state index < -0.39 is 6.10 Å². The Balaban J connectivity index is 1.20. The standard InChI is InChI=1S/C37H45N3O4/c1-37(2,3)30-9-10-33-28(16-30)14-27-15-29(17-34(27)39-33)35(43)18-25(12-13-40-21-32(42)19-31(40)22-41)23-4-6-24(7-5-23)26-8-11-36(44)38-20-26/h4-8,11,14-15,20,25,30-32,41-42H,9-10,12-13,16-19,21-22H2,1-3H3,(H,38,44)/t25-,30-,31?,32+/m0/s1. The number of Topliss-reactive ketones (excluding diaryl/α,β-unsaturated/α-hetero) is 1. The van der Waals surface area contributed by atoms with E-state index in [1.807, 2.05) is 18.2 Å². The fraction of sp³-hybridized carbons (Fsp3) is 0.486. The Bertz CT molecular complexity index is 1580. The number of carbonyl (C=O) groups is 1. The van der Waals surface area contributed by atoms with Crippen molar-refractivity contribution in [1.29, 1.82) is 0 Å². The summed E-state index contributed by atoms with van der Waals surface area (Å²) in [7, 11) is 0. The maximum absolute atomic E-state index is 13.9. The van der Waals surface area contributed by atoms with E-state index in [9.17, 15) is 19.8 Å². The lowest BCUT2D eigenvalue weighted by molar-refractivity contribution is -0.116. The van der Waals surface area contributed by atoms with Gasteiger partial charge in [0.05, 0.1) is 18.4 Å². The van der Waals surface area contributed by atoms with E-state index in [-0.39, 0.29) is 35.3 Å². The number of hydrogen-bond donors (Lipinski definition) is 3. The molecule has 4 atom stereocenters. The first-order chi connectivity index (χ1) is 21.1. The SMILES string of the molecule is CC(C)(C)[C@H]1CCc2nc3c(cc2C1)C=C(C(=O)C[C@H](CCN1C[C@H](O)CC1CO)c1ccc(-c2ccc(=O)[nH]c2)cc1)C3. The van der Waals surface area contributed by atoms with Crippen molar-refractivity contribution >= 4 is 11.9 Å². The number of likely N-dealkylation sites (tertiary alicyclic amines) is 1. The lowest BCUT2D eigenvalue weighted by Gasteiger charge is -2.34. The minimum atomic E-state index is -0.428. The number of nitrogens with zero attached hydrogens (tertiary/aromatic N) is 2. The van der Waals surface area contributed by atoms with Gasteiger partial charge in [-0.05, 0) is 102 Å². The number of aryl methyl sites for hydroxylation is 1. The Morgan fingerprint density at radius 3 is 2.59 bits per heavy atom. The molecule has 0 amide bonds. The van der Waals surface area contributed by atoms with Crippen molar-refractivity contribution in [3.8, 4) is 11.1 Å². The average molecular weight is 596 g/mol. The van der Waals surface area contributed by atoms with Gasteiger partial charge in [0.2, 0.25) is 5.56 Å². The van der Waals surface area contributed by atoms with E-state index >= 15 is 0 Å². The number of benzene rings is 1. The molecule has 2 aromatic heterocycles. The van der Waals surface area contributed by atoms with Crippen LogP contribution in [-0.4, -0.2) is 62.7 Å². The van der Waals surface area contributed by atoms with Gasteiger partial charge in [0.25, 0.3) is 0 Å². The van der Waals surface area contributed by atoms with Gasteiger partial charge < -0.3 is 15.2 Å². The first-order valence-electron chi connectivity index (χ1n) is 16.1. The summed E-state index contributed by atoms with van der Waals surface area (Å²) in [5, 5.41) is 20.1. The number of aromatic amines is 1. The summed E-state index contributed by atoms with van der Waals surface area (Å²) in [5.41, 5.74) is 8.65. The van der Waals surface area contributed by atoms with Crippen molar-refractivity contribution in [1.82, 2.24) is 14.9 Å². The number of β-amino-alcohol motifs (C(OH)–C–C–N with tert-alkyl or cyclic N) is 1. The third-order valence-electron chi connectivity index (χ3n) is 10.2. The van der Waals surface area contributed by atoms with Crippen LogP contribution in [0.4, 0.5) is 0 Å². The van der Waals surface area contributed by atoms with Crippen molar-refractivity contribution in [3.05, 3.63) is 92.7 Å². The predicted octanol–water partition coefficient (Wildman–Crippen LogP) is 5.09. The van der Waals surface area contributed by atoms with Crippen molar-refractivity contribution in [2.45, 2.75) is 83.8 Å². The van der Waals surface area contributed by atoms with E-state index in [1.54, 1.807) is 6.20 Å². The third-order valence-corrected chi connectivity index (χ3v) is 10.2. The molecule has 3 aromatic rings. The van der Waals surface area contributed by atoms with E-state index in [0.717, 1.165) is 59.2 Å². The molecule has 2 aliphatic carbocycles. The number of nitrogens with one attached hydrogen (secondary N) is 1. The van der Waals surface area contributed by atoms with Gasteiger partial charge in [-0.2, -0.15) is 0 Å². The lowest BCUT2D eigenvalue weighted by Crippen LogP contribution is -2.34. The summed E-state index contributed by atoms with van der Waals surface area (Å²) >= 11 is 0. The summed E-state index contributed by atoms with van der Waals surface area (Å²) in [6, 6.07) is 13.8. The van der Waals surface area contributed by atoms with Crippen molar-refractivity contribution in [2.24, 2.45) is 11.3 Å². The van der Waals surface area contributed by atoms with Crippen molar-refractivity contribution in [3.63, 3.8) is 0 Å². The number of aromatic nitrogens is 2. The predicted molar refractivity (Wildman–Crippen MR) is 173 cm³/mol. The fourth-order valence-corrected chi connectivity index (χ4v) is 7.35. The van der Waals surface area contributed by atoms with Gasteiger partial charge in [0.1, 0.15) is 0 Å². The van der Waals surface area contributed by atoms with Crippen LogP contribution in [-0.2, 0) is 24.1 Å². The molecule has 232 valence electrons. The summed E-state index contributed by atoms with van der Waals surface area (Å²) in [4.78, 5) is 35.3. The average Bonchev–Trinajstić information content (AvgIpc) is 3.59. The number of fused-ring (bicyclic) bond motifs is 2. The quantitative estimate of drug-likeness (QED) is 0.318. The first-order valence-corrected chi connectivity index (χ1v) is 16.1. The van der Waals surface area contributed by atoms with Gasteiger partial charge in [0, 0.05) is 49.0 Å². The van der Waals surface area contributed by atoms with Gasteiger partial charge >= 0.3 is 0 Å². The number of carbonyl (C=O) groups excluding carboxylic acids is 1. The Labute approximate surface area is 260 Å². The molecule has 3 aliphatic rings. The molecule has 0 bridgehead atoms. The van der Waals surface area contributed by atoms with Crippen molar-refractivity contribution < 1.29 is 15.0 Å². The fourth-order valence-electron chi connectivity index (χ4n) is 7.35. The number of allylic oxidation sites excluding steroid dienone is 1. The molecule has 0 saturated carbocycles. The minimum Gasteiger partial charge on any atom is -0.395 e. The molecular formula is C37H45N3O4. The van der Waals surface area contributed by atoms with Crippen LogP contribution in [0.25, 0.3) is 17.2 Å². The van der Waals surface area contributed by atoms with Crippen LogP contribution in [0, 0.1) is 11.3 Å². The van der Waals surface area contributed by atoms with E-state index in [0.29, 0.717) is 38.3 Å². The van der Waals surface area contributed by atoms with E-state index in [4.69, 9.17) is 4.98 Å². The molecule has 44 heavy (non-hydrogen) atoms. The topological polar surface area (TPSA) is 107 Å². The highest BCUT2D eigenvalue weighted by atomic mass is 16.3. The molecular weight excluding hydrogens is 550 g/mol. The zero-order valence-electron chi connectivity index (χ0n) is 26.2. The maximum Gasteiger partial charge on any atom is 0.247 e. The van der Waals surface area contributed by atoms with Crippen LogP contribution in [0.5, 0.6) is 0 Å². The van der Waals surface area contributed by atoms with Gasteiger partial charge in [-0.25, -0.2) is 0 Å². The summed E-state index contributed by atoms with van der Waals surface area (Å²) in [6.45, 7) is 8.23. The molecule has 0 spiro atoms. The zero-order valence-corrected chi connectivity index (χ0v) is 26.2. The molecule has 1 aromatic carbocycles. The Morgan fingerprint density at radius 1 is 1.11 bits per heavy atom. The molecule has 0 radical (unpaired) electrons. The Hall–Kier alpha value is -3.39. The Morgan fingerprint density at radius 2 is 1.89 bits per heavy atom. The molecule has 7 heteroatoms. The highest BCUT2D eigenvalue weighted by Gasteiger charge is 2.33. The van der Waals surface area contributed by atoms with Crippen LogP contribution in [0.1, 0.15) is 80.5 Å². The molecule has 1 saturated heterocycles. The van der Waals surface area contributed by atoms with Gasteiger partial charge in [-0.1, -0.05) is 45.0 Å². The number of rotatable bonds is 9. The van der Waals surface area contributed by atoms with Crippen LogP contribution < -0.4 is 5.56 Å². The van der Waals surface area contributed by atoms with Crippen LogP contribution in [0.15, 0.2) is 59.0 Å². The molecule has 3 N–H and O–H groups in total. The van der Waals surface area contributed by atoms with Crippen LogP contribution in [0.3, 0.4) is 0 Å². The summed E-state index contributed by atoms with van der Waals surface area (Å²) in [6.07, 6.45) is 8.87. The summed E-state index contributed by atoms with van der Waals surface area (Å²) in [5.74, 6) is 0.783. The largest absolute Gasteiger partial charge is 0.395 e. The number of ketones is 1. The van der Waals surface area contributed by atoms with Gasteiger partial charge in [-0.15, -0.1) is 0 Å². The number of aliphatic hydroxyl groups excluding tert-OH is 2. The molecule has 7 nitrogen and oxygen atoms in total. The monoisotopic (exact) mass is 595 g/mol. The maximum atomic E-state index is 13.9.